The Morgan fingerprint density at radius 1 is 0.953 bits per heavy atom. The van der Waals surface area contributed by atoms with Crippen LogP contribution in [0.4, 0.5) is 0 Å². The molecule has 1 fully saturated rings. The van der Waals surface area contributed by atoms with Gasteiger partial charge in [0.2, 0.25) is 0 Å². The SMILES string of the molecule is CCCCC(=O)C1C(CC)C(C)(c2cnc[nH]2)CN(C(c2ccccc2)(c2ccccc2)c2ccccc2)C1(N)C(=O)O. The van der Waals surface area contributed by atoms with E-state index in [-0.39, 0.29) is 24.7 Å². The maximum atomic E-state index is 14.4. The molecule has 224 valence electrons. The highest BCUT2D eigenvalue weighted by Gasteiger charge is 2.67. The van der Waals surface area contributed by atoms with Gasteiger partial charge in [-0.3, -0.25) is 9.69 Å². The predicted octanol–water partition coefficient (Wildman–Crippen LogP) is 6.12. The highest BCUT2D eigenvalue weighted by molar-refractivity contribution is 5.92. The highest BCUT2D eigenvalue weighted by Crippen LogP contribution is 2.55. The van der Waals surface area contributed by atoms with Crippen molar-refractivity contribution in [3.8, 4) is 0 Å². The van der Waals surface area contributed by atoms with Gasteiger partial charge in [-0.1, -0.05) is 125 Å². The average Bonchev–Trinajstić information content (AvgIpc) is 3.59. The van der Waals surface area contributed by atoms with Crippen LogP contribution in [0.3, 0.4) is 0 Å². The van der Waals surface area contributed by atoms with Crippen LogP contribution in [0.15, 0.2) is 104 Å². The van der Waals surface area contributed by atoms with E-state index in [1.165, 1.54) is 0 Å². The number of aliphatic carboxylic acids is 1. The number of nitrogens with zero attached hydrogens (tertiary/aromatic N) is 2. The van der Waals surface area contributed by atoms with E-state index in [1.54, 1.807) is 12.5 Å². The van der Waals surface area contributed by atoms with Crippen LogP contribution in [0.1, 0.15) is 68.8 Å². The van der Waals surface area contributed by atoms with Gasteiger partial charge >= 0.3 is 5.97 Å². The van der Waals surface area contributed by atoms with Crippen LogP contribution < -0.4 is 5.73 Å². The fourth-order valence-electron chi connectivity index (χ4n) is 7.58. The molecule has 43 heavy (non-hydrogen) atoms. The second kappa shape index (κ2) is 12.3. The smallest absolute Gasteiger partial charge is 0.339 e. The van der Waals surface area contributed by atoms with Gasteiger partial charge in [0.25, 0.3) is 0 Å². The molecule has 0 aliphatic carbocycles. The molecular formula is C36H42N4O3. The first-order chi connectivity index (χ1) is 20.8. The lowest BCUT2D eigenvalue weighted by Gasteiger charge is -2.62. The fourth-order valence-corrected chi connectivity index (χ4v) is 7.58. The number of H-pyrrole nitrogens is 1. The summed E-state index contributed by atoms with van der Waals surface area (Å²) in [5.74, 6) is -2.66. The quantitative estimate of drug-likeness (QED) is 0.185. The van der Waals surface area contributed by atoms with Crippen molar-refractivity contribution >= 4 is 11.8 Å². The van der Waals surface area contributed by atoms with Gasteiger partial charge < -0.3 is 15.8 Å². The Bertz CT molecular complexity index is 1410. The molecule has 4 atom stereocenters. The number of rotatable bonds is 11. The molecule has 1 aromatic heterocycles. The Hall–Kier alpha value is -4.07. The summed E-state index contributed by atoms with van der Waals surface area (Å²) in [7, 11) is 0. The number of benzene rings is 3. The third-order valence-electron chi connectivity index (χ3n) is 9.63. The minimum atomic E-state index is -2.04. The molecule has 2 heterocycles. The molecule has 7 nitrogen and oxygen atoms in total. The van der Waals surface area contributed by atoms with Gasteiger partial charge in [-0.05, 0) is 29.0 Å². The summed E-state index contributed by atoms with van der Waals surface area (Å²) in [5, 5.41) is 11.3. The summed E-state index contributed by atoms with van der Waals surface area (Å²) in [4.78, 5) is 37.8. The monoisotopic (exact) mass is 578 g/mol. The largest absolute Gasteiger partial charge is 0.479 e. The number of nitrogens with two attached hydrogens (primary N) is 1. The van der Waals surface area contributed by atoms with Crippen LogP contribution in [0.5, 0.6) is 0 Å². The Morgan fingerprint density at radius 2 is 1.47 bits per heavy atom. The number of imidazole rings is 1. The van der Waals surface area contributed by atoms with E-state index in [9.17, 15) is 14.7 Å². The molecule has 1 saturated heterocycles. The number of piperidine rings is 1. The number of Topliss-reactive ketones (excluding diaryl/α,β-unsaturated/α-hetero) is 1. The summed E-state index contributed by atoms with van der Waals surface area (Å²) < 4.78 is 0. The summed E-state index contributed by atoms with van der Waals surface area (Å²) in [6.45, 7) is 6.43. The molecule has 4 unspecified atom stereocenters. The van der Waals surface area contributed by atoms with Crippen molar-refractivity contribution in [3.63, 3.8) is 0 Å². The van der Waals surface area contributed by atoms with Crippen LogP contribution in [0.2, 0.25) is 0 Å². The number of hydrogen-bond donors (Lipinski definition) is 3. The third-order valence-corrected chi connectivity index (χ3v) is 9.63. The zero-order chi connectivity index (χ0) is 30.7. The van der Waals surface area contributed by atoms with E-state index < -0.39 is 28.5 Å². The van der Waals surface area contributed by atoms with E-state index in [4.69, 9.17) is 5.73 Å². The molecule has 0 bridgehead atoms. The van der Waals surface area contributed by atoms with Gasteiger partial charge in [-0.2, -0.15) is 0 Å². The van der Waals surface area contributed by atoms with Crippen molar-refractivity contribution in [2.24, 2.45) is 17.6 Å². The van der Waals surface area contributed by atoms with E-state index in [1.807, 2.05) is 110 Å². The van der Waals surface area contributed by atoms with Crippen LogP contribution in [0.25, 0.3) is 0 Å². The molecule has 4 N–H and O–H groups in total. The zero-order valence-electron chi connectivity index (χ0n) is 25.2. The van der Waals surface area contributed by atoms with Gasteiger partial charge in [0.1, 0.15) is 5.78 Å². The number of carbonyl (C=O) groups is 2. The molecule has 3 aromatic carbocycles. The number of nitrogens with one attached hydrogen (secondary N) is 1. The van der Waals surface area contributed by atoms with Crippen molar-refractivity contribution in [1.29, 1.82) is 0 Å². The second-order valence-corrected chi connectivity index (χ2v) is 12.0. The van der Waals surface area contributed by atoms with Gasteiger partial charge in [0.15, 0.2) is 5.66 Å². The lowest BCUT2D eigenvalue weighted by atomic mass is 9.56. The minimum absolute atomic E-state index is 0.114. The molecule has 5 rings (SSSR count). The van der Waals surface area contributed by atoms with Crippen LogP contribution >= 0.6 is 0 Å². The first-order valence-corrected chi connectivity index (χ1v) is 15.2. The Kier molecular flexibility index (Phi) is 8.67. The summed E-state index contributed by atoms with van der Waals surface area (Å²) in [5.41, 5.74) is 6.97. The first-order valence-electron chi connectivity index (χ1n) is 15.2. The van der Waals surface area contributed by atoms with Gasteiger partial charge in [-0.25, -0.2) is 9.78 Å². The molecular weight excluding hydrogens is 536 g/mol. The number of ketones is 1. The minimum Gasteiger partial charge on any atom is -0.479 e. The molecule has 0 amide bonds. The zero-order valence-corrected chi connectivity index (χ0v) is 25.2. The first kappa shape index (κ1) is 30.4. The fraction of sp³-hybridized carbons (Fsp3) is 0.361. The Balaban J connectivity index is 1.93. The summed E-state index contributed by atoms with van der Waals surface area (Å²) >= 11 is 0. The van der Waals surface area contributed by atoms with Gasteiger partial charge in [-0.15, -0.1) is 0 Å². The number of carbonyl (C=O) groups excluding carboxylic acids is 1. The van der Waals surface area contributed by atoms with Crippen molar-refractivity contribution in [3.05, 3.63) is 126 Å². The summed E-state index contributed by atoms with van der Waals surface area (Å²) in [6, 6.07) is 29.8. The van der Waals surface area contributed by atoms with Crippen LogP contribution in [-0.2, 0) is 20.5 Å². The van der Waals surface area contributed by atoms with Crippen molar-refractivity contribution in [2.75, 3.05) is 6.54 Å². The molecule has 7 heteroatoms. The molecule has 4 aromatic rings. The summed E-state index contributed by atoms with van der Waals surface area (Å²) in [6.07, 6.45) is 5.78. The normalized spacial score (nSPS) is 24.5. The highest BCUT2D eigenvalue weighted by atomic mass is 16.4. The molecule has 1 aliphatic rings. The van der Waals surface area contributed by atoms with Crippen molar-refractivity contribution < 1.29 is 14.7 Å². The van der Waals surface area contributed by atoms with Gasteiger partial charge in [0, 0.05) is 30.3 Å². The molecule has 0 radical (unpaired) electrons. The maximum absolute atomic E-state index is 14.4. The number of aromatic nitrogens is 2. The second-order valence-electron chi connectivity index (χ2n) is 12.0. The topological polar surface area (TPSA) is 112 Å². The molecule has 1 aliphatic heterocycles. The number of likely N-dealkylation sites (tertiary alicyclic amines) is 1. The lowest BCUT2D eigenvalue weighted by Crippen LogP contribution is -2.79. The van der Waals surface area contributed by atoms with E-state index in [0.29, 0.717) is 12.8 Å². The van der Waals surface area contributed by atoms with E-state index >= 15 is 0 Å². The van der Waals surface area contributed by atoms with Crippen molar-refractivity contribution in [2.45, 2.75) is 63.1 Å². The molecule has 0 saturated carbocycles. The standard InChI is InChI=1S/C36H42N4O3/c1-4-6-22-30(41)32-29(5-2)34(3,31-23-38-25-39-31)24-40(36(32,37)33(42)43)35(26-16-10-7-11-17-26,27-18-12-8-13-19-27)28-20-14-9-15-21-28/h7-21,23,25,29,32H,4-6,22,24,37H2,1-3H3,(H,38,39)(H,42,43). The number of carboxylic acid groups (broad SMARTS) is 1. The van der Waals surface area contributed by atoms with Crippen LogP contribution in [0, 0.1) is 11.8 Å². The maximum Gasteiger partial charge on any atom is 0.339 e. The Labute approximate surface area is 254 Å². The van der Waals surface area contributed by atoms with Gasteiger partial charge in [0.05, 0.1) is 17.8 Å². The van der Waals surface area contributed by atoms with E-state index in [0.717, 1.165) is 28.8 Å². The molecule has 0 spiro atoms. The predicted molar refractivity (Wildman–Crippen MR) is 168 cm³/mol. The number of aromatic amines is 1. The Morgan fingerprint density at radius 3 is 1.86 bits per heavy atom. The van der Waals surface area contributed by atoms with Crippen molar-refractivity contribution in [1.82, 2.24) is 14.9 Å². The number of unbranched alkanes of at least 4 members (excludes halogenated alkanes) is 1. The number of carboxylic acids is 1. The number of hydrogen-bond acceptors (Lipinski definition) is 5. The lowest BCUT2D eigenvalue weighted by molar-refractivity contribution is -0.181. The van der Waals surface area contributed by atoms with E-state index in [2.05, 4.69) is 16.9 Å². The van der Waals surface area contributed by atoms with Crippen LogP contribution in [-0.4, -0.2) is 43.9 Å². The average molecular weight is 579 g/mol. The third kappa shape index (κ3) is 4.90.